The van der Waals surface area contributed by atoms with Crippen molar-refractivity contribution in [3.8, 4) is 0 Å². The summed E-state index contributed by atoms with van der Waals surface area (Å²) in [6, 6.07) is 0. The van der Waals surface area contributed by atoms with Gasteiger partial charge in [-0.05, 0) is 12.8 Å². The second-order valence-corrected chi connectivity index (χ2v) is 1.95. The van der Waals surface area contributed by atoms with Crippen LogP contribution in [0.5, 0.6) is 0 Å². The van der Waals surface area contributed by atoms with E-state index in [1.807, 2.05) is 0 Å². The summed E-state index contributed by atoms with van der Waals surface area (Å²) in [4.78, 5) is 8.08. The third kappa shape index (κ3) is 0.372. The van der Waals surface area contributed by atoms with Gasteiger partial charge in [-0.2, -0.15) is 0 Å². The Bertz CT molecular complexity index is 199. The highest BCUT2D eigenvalue weighted by Gasteiger charge is 2.13. The maximum Gasteiger partial charge on any atom is 0.116 e. The predicted molar refractivity (Wildman–Crippen MR) is 33.2 cm³/mol. The van der Waals surface area contributed by atoms with Gasteiger partial charge in [0.25, 0.3) is 0 Å². The zero-order chi connectivity index (χ0) is 5.40. The van der Waals surface area contributed by atoms with Gasteiger partial charge in [0.05, 0.1) is 11.4 Å². The van der Waals surface area contributed by atoms with E-state index in [1.165, 1.54) is 5.71 Å². The molecule has 0 fully saturated rings. The Hall–Kier alpha value is -0.920. The molecule has 0 spiro atoms. The maximum atomic E-state index is 4.05. The summed E-state index contributed by atoms with van der Waals surface area (Å²) in [5.41, 5.74) is 2.27. The van der Waals surface area contributed by atoms with Crippen molar-refractivity contribution in [1.29, 1.82) is 0 Å². The van der Waals surface area contributed by atoms with Gasteiger partial charge in [0.2, 0.25) is 0 Å². The Balaban J connectivity index is 2.49. The predicted octanol–water partition coefficient (Wildman–Crippen LogP) is 1.15. The Morgan fingerprint density at radius 2 is 2.50 bits per heavy atom. The minimum absolute atomic E-state index is 1.09. The topological polar surface area (TPSA) is 24.7 Å². The second kappa shape index (κ2) is 1.28. The van der Waals surface area contributed by atoms with Crippen LogP contribution in [0.2, 0.25) is 0 Å². The van der Waals surface area contributed by atoms with Crippen molar-refractivity contribution in [3.05, 3.63) is 11.8 Å². The fourth-order valence-corrected chi connectivity index (χ4v) is 1.01. The number of rotatable bonds is 0. The number of fused-ring (bicyclic) bond motifs is 1. The first-order valence-corrected chi connectivity index (χ1v) is 2.76. The molecule has 0 aromatic carbocycles. The molecule has 0 saturated heterocycles. The molecule has 0 bridgehead atoms. The molecular weight excluding hydrogens is 100 g/mol. The van der Waals surface area contributed by atoms with Crippen LogP contribution < -0.4 is 0 Å². The second-order valence-electron chi connectivity index (χ2n) is 1.95. The SMILES string of the molecule is C1=NC2=CCCC2=N1. The van der Waals surface area contributed by atoms with Gasteiger partial charge in [-0.15, -0.1) is 0 Å². The fraction of sp³-hybridized carbons (Fsp3) is 0.333. The molecule has 0 aromatic rings. The Morgan fingerprint density at radius 3 is 3.38 bits per heavy atom. The molecule has 40 valence electrons. The Labute approximate surface area is 47.7 Å². The van der Waals surface area contributed by atoms with Crippen LogP contribution in [0.1, 0.15) is 12.8 Å². The molecule has 2 aliphatic rings. The molecule has 2 rings (SSSR count). The highest BCUT2D eigenvalue weighted by Crippen LogP contribution is 2.18. The zero-order valence-electron chi connectivity index (χ0n) is 4.46. The molecule has 0 radical (unpaired) electrons. The van der Waals surface area contributed by atoms with E-state index in [2.05, 4.69) is 16.1 Å². The lowest BCUT2D eigenvalue weighted by Gasteiger charge is -1.83. The number of allylic oxidation sites excluding steroid dienone is 2. The van der Waals surface area contributed by atoms with E-state index < -0.39 is 0 Å². The van der Waals surface area contributed by atoms with Gasteiger partial charge in [0, 0.05) is 0 Å². The third-order valence-corrected chi connectivity index (χ3v) is 1.42. The molecule has 1 aliphatic carbocycles. The highest BCUT2D eigenvalue weighted by molar-refractivity contribution is 6.09. The largest absolute Gasteiger partial charge is 0.239 e. The van der Waals surface area contributed by atoms with E-state index in [0.29, 0.717) is 0 Å². The summed E-state index contributed by atoms with van der Waals surface area (Å²) in [6.45, 7) is 0. The molecule has 0 N–H and O–H groups in total. The van der Waals surface area contributed by atoms with Crippen LogP contribution in [-0.4, -0.2) is 12.1 Å². The zero-order valence-corrected chi connectivity index (χ0v) is 4.46. The number of hydrogen-bond donors (Lipinski definition) is 0. The first-order valence-electron chi connectivity index (χ1n) is 2.76. The normalized spacial score (nSPS) is 23.0. The molecule has 2 nitrogen and oxygen atoms in total. The van der Waals surface area contributed by atoms with Crippen molar-refractivity contribution in [2.75, 3.05) is 0 Å². The lowest BCUT2D eigenvalue weighted by Crippen LogP contribution is -1.86. The quantitative estimate of drug-likeness (QED) is 0.442. The van der Waals surface area contributed by atoms with E-state index >= 15 is 0 Å². The van der Waals surface area contributed by atoms with Gasteiger partial charge < -0.3 is 0 Å². The summed E-state index contributed by atoms with van der Waals surface area (Å²) in [7, 11) is 0. The number of nitrogens with zero attached hydrogens (tertiary/aromatic N) is 2. The summed E-state index contributed by atoms with van der Waals surface area (Å²) < 4.78 is 0. The minimum atomic E-state index is 1.09. The van der Waals surface area contributed by atoms with E-state index in [4.69, 9.17) is 0 Å². The lowest BCUT2D eigenvalue weighted by atomic mass is 10.3. The highest BCUT2D eigenvalue weighted by atomic mass is 15.0. The van der Waals surface area contributed by atoms with Crippen molar-refractivity contribution in [2.45, 2.75) is 12.8 Å². The van der Waals surface area contributed by atoms with Gasteiger partial charge in [-0.25, -0.2) is 9.98 Å². The van der Waals surface area contributed by atoms with Crippen LogP contribution in [-0.2, 0) is 0 Å². The van der Waals surface area contributed by atoms with Gasteiger partial charge >= 0.3 is 0 Å². The van der Waals surface area contributed by atoms with E-state index in [0.717, 1.165) is 18.5 Å². The molecule has 0 unspecified atom stereocenters. The minimum Gasteiger partial charge on any atom is -0.239 e. The summed E-state index contributed by atoms with van der Waals surface area (Å²) in [6.07, 6.45) is 5.98. The molecule has 0 atom stereocenters. The smallest absolute Gasteiger partial charge is 0.116 e. The van der Waals surface area contributed by atoms with Crippen LogP contribution in [0.3, 0.4) is 0 Å². The van der Waals surface area contributed by atoms with Gasteiger partial charge in [0.1, 0.15) is 6.34 Å². The third-order valence-electron chi connectivity index (χ3n) is 1.42. The molecule has 0 saturated carbocycles. The molecular formula is C6H6N2. The lowest BCUT2D eigenvalue weighted by molar-refractivity contribution is 1.14. The average Bonchev–Trinajstić information content (AvgIpc) is 2.15. The van der Waals surface area contributed by atoms with Crippen molar-refractivity contribution in [1.82, 2.24) is 0 Å². The van der Waals surface area contributed by atoms with Crippen molar-refractivity contribution < 1.29 is 0 Å². The van der Waals surface area contributed by atoms with Crippen LogP contribution >= 0.6 is 0 Å². The Morgan fingerprint density at radius 1 is 1.50 bits per heavy atom. The molecule has 8 heavy (non-hydrogen) atoms. The maximum absolute atomic E-state index is 4.05. The summed E-state index contributed by atoms with van der Waals surface area (Å²) in [5.74, 6) is 0. The summed E-state index contributed by atoms with van der Waals surface area (Å²) in [5, 5.41) is 0. The van der Waals surface area contributed by atoms with Crippen LogP contribution in [0.15, 0.2) is 21.8 Å². The van der Waals surface area contributed by atoms with Gasteiger partial charge in [0.15, 0.2) is 0 Å². The first kappa shape index (κ1) is 4.01. The van der Waals surface area contributed by atoms with Crippen molar-refractivity contribution >= 4 is 12.1 Å². The number of hydrogen-bond acceptors (Lipinski definition) is 2. The summed E-state index contributed by atoms with van der Waals surface area (Å²) >= 11 is 0. The molecule has 1 heterocycles. The van der Waals surface area contributed by atoms with E-state index in [1.54, 1.807) is 6.34 Å². The van der Waals surface area contributed by atoms with Crippen molar-refractivity contribution in [2.24, 2.45) is 9.98 Å². The molecule has 1 aliphatic heterocycles. The standard InChI is InChI=1S/C6H6N2/c1-2-5-6(3-1)8-4-7-5/h2,4H,1,3H2. The van der Waals surface area contributed by atoms with E-state index in [-0.39, 0.29) is 0 Å². The fourth-order valence-electron chi connectivity index (χ4n) is 1.01. The average molecular weight is 106 g/mol. The molecule has 2 heteroatoms. The molecule has 0 aromatic heterocycles. The first-order chi connectivity index (χ1) is 3.97. The monoisotopic (exact) mass is 106 g/mol. The van der Waals surface area contributed by atoms with Crippen LogP contribution in [0.4, 0.5) is 0 Å². The van der Waals surface area contributed by atoms with E-state index in [9.17, 15) is 0 Å². The molecule has 0 amide bonds. The van der Waals surface area contributed by atoms with Crippen LogP contribution in [0, 0.1) is 0 Å². The van der Waals surface area contributed by atoms with Crippen LogP contribution in [0.25, 0.3) is 0 Å². The van der Waals surface area contributed by atoms with Gasteiger partial charge in [-0.3, -0.25) is 0 Å². The number of aliphatic imine (C=N–C) groups is 2. The van der Waals surface area contributed by atoms with Crippen molar-refractivity contribution in [3.63, 3.8) is 0 Å². The Kier molecular flexibility index (Phi) is 0.640. The van der Waals surface area contributed by atoms with Gasteiger partial charge in [-0.1, -0.05) is 6.08 Å².